The van der Waals surface area contributed by atoms with Crippen LogP contribution in [0.4, 0.5) is 5.82 Å². The van der Waals surface area contributed by atoms with Crippen LogP contribution in [0.15, 0.2) is 18.6 Å². The van der Waals surface area contributed by atoms with Crippen molar-refractivity contribution >= 4 is 11.5 Å². The number of fused-ring (bicyclic) bond motifs is 1. The number of imidazole rings is 1. The Balaban J connectivity index is 2.13. The Kier molecular flexibility index (Phi) is 4.44. The maximum Gasteiger partial charge on any atom is 0.260 e. The van der Waals surface area contributed by atoms with Gasteiger partial charge in [0.1, 0.15) is 5.82 Å². The third kappa shape index (κ3) is 3.39. The van der Waals surface area contributed by atoms with Crippen LogP contribution in [0.2, 0.25) is 0 Å². The molecule has 20 heavy (non-hydrogen) atoms. The molecule has 2 aromatic rings. The van der Waals surface area contributed by atoms with Crippen molar-refractivity contribution in [1.82, 2.24) is 14.4 Å². The van der Waals surface area contributed by atoms with Gasteiger partial charge in [-0.15, -0.1) is 0 Å². The maximum atomic E-state index is 5.79. The van der Waals surface area contributed by atoms with Crippen LogP contribution in [0.25, 0.3) is 5.65 Å². The van der Waals surface area contributed by atoms with Crippen molar-refractivity contribution in [3.63, 3.8) is 0 Å². The molecule has 2 aromatic heterocycles. The van der Waals surface area contributed by atoms with Gasteiger partial charge in [-0.3, -0.25) is 4.40 Å². The van der Waals surface area contributed by atoms with E-state index in [4.69, 9.17) is 9.47 Å². The lowest BCUT2D eigenvalue weighted by molar-refractivity contribution is 0.00518. The fraction of sp³-hybridized carbons (Fsp3) is 0.571. The van der Waals surface area contributed by atoms with E-state index in [1.165, 1.54) is 0 Å². The molecule has 0 aliphatic rings. The molecule has 0 unspecified atom stereocenters. The zero-order valence-corrected chi connectivity index (χ0v) is 12.5. The van der Waals surface area contributed by atoms with Crippen molar-refractivity contribution in [2.45, 2.75) is 32.8 Å². The molecular formula is C14H22N4O2. The lowest BCUT2D eigenvalue weighted by Crippen LogP contribution is -2.25. The molecule has 0 amide bonds. The van der Waals surface area contributed by atoms with E-state index in [0.717, 1.165) is 24.4 Å². The molecule has 0 saturated heterocycles. The average Bonchev–Trinajstić information content (AvgIpc) is 2.87. The van der Waals surface area contributed by atoms with Crippen LogP contribution in [-0.2, 0) is 4.74 Å². The first-order chi connectivity index (χ1) is 9.55. The molecule has 6 nitrogen and oxygen atoms in total. The summed E-state index contributed by atoms with van der Waals surface area (Å²) in [5, 5.41) is 3.18. The van der Waals surface area contributed by atoms with Crippen LogP contribution in [0.5, 0.6) is 5.88 Å². The molecule has 0 aromatic carbocycles. The highest BCUT2D eigenvalue weighted by molar-refractivity contribution is 5.53. The molecule has 1 N–H and O–H groups in total. The fourth-order valence-corrected chi connectivity index (χ4v) is 1.76. The molecule has 0 aliphatic heterocycles. The van der Waals surface area contributed by atoms with Crippen molar-refractivity contribution < 1.29 is 9.47 Å². The number of methoxy groups -OCH3 is 1. The molecule has 0 spiro atoms. The van der Waals surface area contributed by atoms with Crippen molar-refractivity contribution in [3.05, 3.63) is 18.6 Å². The predicted molar refractivity (Wildman–Crippen MR) is 78.4 cm³/mol. The molecule has 0 fully saturated rings. The molecule has 2 rings (SSSR count). The topological polar surface area (TPSA) is 60.7 Å². The molecule has 0 radical (unpaired) electrons. The highest BCUT2D eigenvalue weighted by Gasteiger charge is 2.17. The predicted octanol–water partition coefficient (Wildman–Crippen LogP) is 2.36. The standard InChI is InChI=1S/C14H22N4O2/c1-5-15-11-10-18-8-7-16-12(18)13(17-11)20-9-6-14(2,3)19-4/h7-8,10,15H,5-6,9H2,1-4H3. The summed E-state index contributed by atoms with van der Waals surface area (Å²) in [6.45, 7) is 7.44. The Bertz CT molecular complexity index is 565. The Labute approximate surface area is 119 Å². The summed E-state index contributed by atoms with van der Waals surface area (Å²) in [4.78, 5) is 8.72. The van der Waals surface area contributed by atoms with Gasteiger partial charge in [0.25, 0.3) is 5.88 Å². The van der Waals surface area contributed by atoms with Crippen molar-refractivity contribution in [1.29, 1.82) is 0 Å². The second-order valence-corrected chi connectivity index (χ2v) is 5.18. The number of ether oxygens (including phenoxy) is 2. The van der Waals surface area contributed by atoms with Crippen LogP contribution in [0, 0.1) is 0 Å². The lowest BCUT2D eigenvalue weighted by atomic mass is 10.1. The summed E-state index contributed by atoms with van der Waals surface area (Å²) in [6.07, 6.45) is 6.30. The van der Waals surface area contributed by atoms with Gasteiger partial charge >= 0.3 is 0 Å². The molecule has 2 heterocycles. The summed E-state index contributed by atoms with van der Waals surface area (Å²) < 4.78 is 13.1. The minimum atomic E-state index is -0.203. The molecule has 110 valence electrons. The summed E-state index contributed by atoms with van der Waals surface area (Å²) in [6, 6.07) is 0. The van der Waals surface area contributed by atoms with E-state index >= 15 is 0 Å². The number of rotatable bonds is 7. The van der Waals surface area contributed by atoms with E-state index in [1.54, 1.807) is 13.3 Å². The van der Waals surface area contributed by atoms with Gasteiger partial charge in [0.2, 0.25) is 5.65 Å². The first-order valence-electron chi connectivity index (χ1n) is 6.81. The fourth-order valence-electron chi connectivity index (χ4n) is 1.76. The SMILES string of the molecule is CCNc1cn2ccnc2c(OCCC(C)(C)OC)n1. The van der Waals surface area contributed by atoms with Gasteiger partial charge in [0.15, 0.2) is 0 Å². The molecule has 0 saturated carbocycles. The van der Waals surface area contributed by atoms with Crippen LogP contribution in [-0.4, -0.2) is 40.2 Å². The van der Waals surface area contributed by atoms with Crippen molar-refractivity contribution in [2.75, 3.05) is 25.6 Å². The minimum absolute atomic E-state index is 0.203. The van der Waals surface area contributed by atoms with Gasteiger partial charge in [0.05, 0.1) is 18.4 Å². The zero-order valence-electron chi connectivity index (χ0n) is 12.5. The van der Waals surface area contributed by atoms with Gasteiger partial charge in [-0.05, 0) is 20.8 Å². The zero-order chi connectivity index (χ0) is 14.6. The van der Waals surface area contributed by atoms with Crippen LogP contribution in [0.3, 0.4) is 0 Å². The van der Waals surface area contributed by atoms with Gasteiger partial charge in [0, 0.05) is 32.5 Å². The first kappa shape index (κ1) is 14.6. The number of aromatic nitrogens is 3. The highest BCUT2D eigenvalue weighted by Crippen LogP contribution is 2.20. The summed E-state index contributed by atoms with van der Waals surface area (Å²) in [7, 11) is 1.71. The van der Waals surface area contributed by atoms with E-state index in [-0.39, 0.29) is 5.60 Å². The van der Waals surface area contributed by atoms with Crippen molar-refractivity contribution in [3.8, 4) is 5.88 Å². The van der Waals surface area contributed by atoms with Gasteiger partial charge < -0.3 is 14.8 Å². The van der Waals surface area contributed by atoms with E-state index in [9.17, 15) is 0 Å². The Morgan fingerprint density at radius 2 is 2.20 bits per heavy atom. The lowest BCUT2D eigenvalue weighted by Gasteiger charge is -2.22. The van der Waals surface area contributed by atoms with Crippen molar-refractivity contribution in [2.24, 2.45) is 0 Å². The Morgan fingerprint density at radius 1 is 1.40 bits per heavy atom. The number of nitrogens with one attached hydrogen (secondary N) is 1. The van der Waals surface area contributed by atoms with Gasteiger partial charge in [-0.25, -0.2) is 4.98 Å². The molecular weight excluding hydrogens is 256 g/mol. The quantitative estimate of drug-likeness (QED) is 0.842. The van der Waals surface area contributed by atoms with Crippen LogP contribution in [0.1, 0.15) is 27.2 Å². The third-order valence-corrected chi connectivity index (χ3v) is 3.20. The maximum absolute atomic E-state index is 5.79. The number of hydrogen-bond donors (Lipinski definition) is 1. The summed E-state index contributed by atoms with van der Waals surface area (Å²) in [5.41, 5.74) is 0.521. The first-order valence-corrected chi connectivity index (χ1v) is 6.81. The summed E-state index contributed by atoms with van der Waals surface area (Å²) >= 11 is 0. The smallest absolute Gasteiger partial charge is 0.260 e. The van der Waals surface area contributed by atoms with E-state index in [1.807, 2.05) is 37.6 Å². The van der Waals surface area contributed by atoms with Gasteiger partial charge in [-0.2, -0.15) is 4.98 Å². The molecule has 0 atom stereocenters. The van der Waals surface area contributed by atoms with E-state index in [0.29, 0.717) is 12.5 Å². The van der Waals surface area contributed by atoms with Crippen LogP contribution >= 0.6 is 0 Å². The second kappa shape index (κ2) is 6.09. The molecule has 6 heteroatoms. The molecule has 0 bridgehead atoms. The number of anilines is 1. The van der Waals surface area contributed by atoms with E-state index in [2.05, 4.69) is 15.3 Å². The highest BCUT2D eigenvalue weighted by atomic mass is 16.5. The largest absolute Gasteiger partial charge is 0.475 e. The third-order valence-electron chi connectivity index (χ3n) is 3.20. The van der Waals surface area contributed by atoms with Crippen LogP contribution < -0.4 is 10.1 Å². The number of nitrogens with zero attached hydrogens (tertiary/aromatic N) is 3. The van der Waals surface area contributed by atoms with Gasteiger partial charge in [-0.1, -0.05) is 0 Å². The average molecular weight is 278 g/mol. The Morgan fingerprint density at radius 3 is 2.90 bits per heavy atom. The monoisotopic (exact) mass is 278 g/mol. The minimum Gasteiger partial charge on any atom is -0.475 e. The summed E-state index contributed by atoms with van der Waals surface area (Å²) in [5.74, 6) is 1.32. The van der Waals surface area contributed by atoms with E-state index < -0.39 is 0 Å². The molecule has 0 aliphatic carbocycles. The normalized spacial score (nSPS) is 11.8. The second-order valence-electron chi connectivity index (χ2n) is 5.18. The Hall–Kier alpha value is -1.82. The number of hydrogen-bond acceptors (Lipinski definition) is 5.